The molecule has 0 radical (unpaired) electrons. The van der Waals surface area contributed by atoms with Gasteiger partial charge in [0, 0.05) is 6.42 Å². The first kappa shape index (κ1) is 70.8. The minimum Gasteiger partial charge on any atom is -0.394 e. The van der Waals surface area contributed by atoms with E-state index in [1.807, 2.05) is 6.08 Å². The van der Waals surface area contributed by atoms with Crippen molar-refractivity contribution < 1.29 is 39.8 Å². The second-order valence-corrected chi connectivity index (χ2v) is 20.0. The molecule has 77 heavy (non-hydrogen) atoms. The van der Waals surface area contributed by atoms with E-state index in [0.29, 0.717) is 6.42 Å². The molecule has 0 aromatic heterocycles. The third kappa shape index (κ3) is 44.4. The number of allylic oxidation sites excluding steroid dienone is 25. The van der Waals surface area contributed by atoms with E-state index in [2.05, 4.69) is 165 Å². The lowest BCUT2D eigenvalue weighted by atomic mass is 9.99. The maximum absolute atomic E-state index is 13.1. The number of carbonyl (C=O) groups is 1. The van der Waals surface area contributed by atoms with Crippen molar-refractivity contribution in [3.05, 3.63) is 158 Å². The third-order valence-corrected chi connectivity index (χ3v) is 13.1. The highest BCUT2D eigenvalue weighted by Gasteiger charge is 2.44. The van der Waals surface area contributed by atoms with E-state index in [-0.39, 0.29) is 12.5 Å². The number of unbranched alkanes of at least 4 members (excludes halogenated alkanes) is 15. The molecule has 0 aromatic rings. The Kier molecular flexibility index (Phi) is 50.7. The molecule has 1 amide bonds. The molecule has 6 N–H and O–H groups in total. The molecule has 9 heteroatoms. The summed E-state index contributed by atoms with van der Waals surface area (Å²) in [5.74, 6) is -0.213. The van der Waals surface area contributed by atoms with Gasteiger partial charge in [-0.1, -0.05) is 236 Å². The number of aliphatic hydroxyl groups excluding tert-OH is 5. The highest BCUT2D eigenvalue weighted by Crippen LogP contribution is 2.22. The van der Waals surface area contributed by atoms with Crippen LogP contribution in [-0.2, 0) is 14.3 Å². The number of rotatable bonds is 49. The normalized spacial score (nSPS) is 19.9. The molecule has 0 bridgehead atoms. The fourth-order valence-electron chi connectivity index (χ4n) is 8.33. The molecule has 1 fully saturated rings. The maximum Gasteiger partial charge on any atom is 0.220 e. The summed E-state index contributed by atoms with van der Waals surface area (Å²) in [5, 5.41) is 54.5. The van der Waals surface area contributed by atoms with Crippen LogP contribution in [0.1, 0.15) is 206 Å². The predicted molar refractivity (Wildman–Crippen MR) is 326 cm³/mol. The minimum absolute atomic E-state index is 0.213. The highest BCUT2D eigenvalue weighted by molar-refractivity contribution is 5.76. The molecule has 7 atom stereocenters. The molecule has 1 aliphatic heterocycles. The molecule has 1 aliphatic rings. The van der Waals surface area contributed by atoms with E-state index in [4.69, 9.17) is 9.47 Å². The molecule has 0 aliphatic carbocycles. The second-order valence-electron chi connectivity index (χ2n) is 20.0. The molecule has 1 heterocycles. The lowest BCUT2D eigenvalue weighted by molar-refractivity contribution is -0.302. The van der Waals surface area contributed by atoms with Crippen molar-refractivity contribution in [1.29, 1.82) is 0 Å². The van der Waals surface area contributed by atoms with Gasteiger partial charge in [0.05, 0.1) is 25.4 Å². The number of carbonyl (C=O) groups excluding carboxylic acids is 1. The number of nitrogens with one attached hydrogen (secondary N) is 1. The van der Waals surface area contributed by atoms with Crippen molar-refractivity contribution in [3.63, 3.8) is 0 Å². The summed E-state index contributed by atoms with van der Waals surface area (Å²) in [6, 6.07) is -0.849. The minimum atomic E-state index is -1.59. The number of hydrogen-bond donors (Lipinski definition) is 6. The average molecular weight is 1070 g/mol. The molecule has 0 saturated carbocycles. The van der Waals surface area contributed by atoms with Gasteiger partial charge in [-0.05, 0) is 122 Å². The zero-order valence-electron chi connectivity index (χ0n) is 48.1. The summed E-state index contributed by atoms with van der Waals surface area (Å²) in [7, 11) is 0. The highest BCUT2D eigenvalue weighted by atomic mass is 16.7. The predicted octanol–water partition coefficient (Wildman–Crippen LogP) is 15.6. The molecule has 0 spiro atoms. The molecule has 9 nitrogen and oxygen atoms in total. The van der Waals surface area contributed by atoms with Gasteiger partial charge in [0.25, 0.3) is 0 Å². The number of ether oxygens (including phenoxy) is 2. The van der Waals surface area contributed by atoms with Crippen molar-refractivity contribution in [2.45, 2.75) is 249 Å². The Morgan fingerprint density at radius 3 is 1.25 bits per heavy atom. The number of amides is 1. The van der Waals surface area contributed by atoms with E-state index in [9.17, 15) is 30.3 Å². The molecule has 434 valence electrons. The van der Waals surface area contributed by atoms with Crippen LogP contribution in [0.15, 0.2) is 158 Å². The van der Waals surface area contributed by atoms with Crippen molar-refractivity contribution in [2.24, 2.45) is 0 Å². The van der Waals surface area contributed by atoms with E-state index in [0.717, 1.165) is 141 Å². The van der Waals surface area contributed by atoms with Crippen LogP contribution < -0.4 is 5.32 Å². The van der Waals surface area contributed by atoms with Crippen LogP contribution in [0.5, 0.6) is 0 Å². The van der Waals surface area contributed by atoms with E-state index in [1.165, 1.54) is 44.9 Å². The Hall–Kier alpha value is -4.19. The lowest BCUT2D eigenvalue weighted by Crippen LogP contribution is -2.60. The molecule has 1 saturated heterocycles. The Labute approximate surface area is 469 Å². The van der Waals surface area contributed by atoms with Gasteiger partial charge in [-0.15, -0.1) is 0 Å². The Bertz CT molecular complexity index is 1760. The SMILES string of the molecule is CC/C=C\C/C=C\C/C=C\C/C=C\C/C=C\C/C=C\C/C=C\C/C=C\C/C=C\C/C=C\CCCCCCCCC(=O)NC(COC1OC(CO)C(O)C(O)C1O)C(O)/C=C/CC/C=C/CC/C=C/CCCCCCCCC. The first-order valence-corrected chi connectivity index (χ1v) is 30.2. The third-order valence-electron chi connectivity index (χ3n) is 13.1. The lowest BCUT2D eigenvalue weighted by Gasteiger charge is -2.40. The van der Waals surface area contributed by atoms with Crippen LogP contribution in [0.2, 0.25) is 0 Å². The molecule has 1 rings (SSSR count). The van der Waals surface area contributed by atoms with Gasteiger partial charge in [0.2, 0.25) is 5.91 Å². The van der Waals surface area contributed by atoms with Gasteiger partial charge < -0.3 is 40.3 Å². The van der Waals surface area contributed by atoms with Gasteiger partial charge in [0.1, 0.15) is 24.4 Å². The van der Waals surface area contributed by atoms with Gasteiger partial charge in [0.15, 0.2) is 6.29 Å². The van der Waals surface area contributed by atoms with Crippen LogP contribution in [0, 0.1) is 0 Å². The molecular weight excluding hydrogens is 959 g/mol. The molecule has 0 aromatic carbocycles. The summed E-state index contributed by atoms with van der Waals surface area (Å²) < 4.78 is 11.2. The van der Waals surface area contributed by atoms with Crippen molar-refractivity contribution in [2.75, 3.05) is 13.2 Å². The van der Waals surface area contributed by atoms with Crippen molar-refractivity contribution in [3.8, 4) is 0 Å². The van der Waals surface area contributed by atoms with Crippen LogP contribution in [0.4, 0.5) is 0 Å². The fraction of sp³-hybridized carbons (Fsp3) is 0.603. The Balaban J connectivity index is 2.24. The van der Waals surface area contributed by atoms with Crippen LogP contribution in [0.25, 0.3) is 0 Å². The van der Waals surface area contributed by atoms with E-state index in [1.54, 1.807) is 6.08 Å². The van der Waals surface area contributed by atoms with Gasteiger partial charge in [-0.3, -0.25) is 4.79 Å². The number of aliphatic hydroxyl groups is 5. The van der Waals surface area contributed by atoms with Crippen molar-refractivity contribution >= 4 is 5.91 Å². The fourth-order valence-corrected chi connectivity index (χ4v) is 8.33. The summed E-state index contributed by atoms with van der Waals surface area (Å²) in [6.45, 7) is 3.61. The Morgan fingerprint density at radius 2 is 0.818 bits per heavy atom. The zero-order valence-corrected chi connectivity index (χ0v) is 48.1. The maximum atomic E-state index is 13.1. The average Bonchev–Trinajstić information content (AvgIpc) is 3.43. The van der Waals surface area contributed by atoms with Gasteiger partial charge in [-0.2, -0.15) is 0 Å². The monoisotopic (exact) mass is 1070 g/mol. The van der Waals surface area contributed by atoms with Crippen LogP contribution >= 0.6 is 0 Å². The summed E-state index contributed by atoms with van der Waals surface area (Å²) in [6.07, 6.45) is 80.2. The largest absolute Gasteiger partial charge is 0.394 e. The van der Waals surface area contributed by atoms with Crippen molar-refractivity contribution in [1.82, 2.24) is 5.32 Å². The smallest absolute Gasteiger partial charge is 0.220 e. The number of hydrogen-bond acceptors (Lipinski definition) is 8. The standard InChI is InChI=1S/C68H109NO8/c1-3-5-7-9-11-13-15-17-19-21-22-23-24-25-26-27-28-29-30-31-32-33-34-35-36-37-38-39-40-42-44-46-48-50-52-54-56-58-64(72)69-61(60-76-68-67(75)66(74)65(73)63(59-70)77-68)62(71)57-55-53-51-49-47-45-43-41-20-18-16-14-12-10-8-6-4-2/h5,7,11,13,17,19-20,22-23,25-26,28-29,31-32,34-35,37-38,40-42,47,49,55,57,61-63,65-68,70-71,73-75H,3-4,6,8-10,12,14-16,18,21,24,27,30,33,36,39,43-46,48,50-54,56,58-60H2,1-2H3,(H,69,72)/b7-5-,13-11-,19-17-,23-22-,26-25-,29-28-,32-31-,35-34-,38-37-,41-20+,42-40-,49-47+,57-55+. The Morgan fingerprint density at radius 1 is 0.455 bits per heavy atom. The van der Waals surface area contributed by atoms with E-state index < -0.39 is 49.5 Å². The van der Waals surface area contributed by atoms with Gasteiger partial charge in [-0.25, -0.2) is 0 Å². The van der Waals surface area contributed by atoms with Crippen LogP contribution in [-0.4, -0.2) is 87.5 Å². The quantitative estimate of drug-likeness (QED) is 0.0261. The topological polar surface area (TPSA) is 149 Å². The summed E-state index contributed by atoms with van der Waals surface area (Å²) in [4.78, 5) is 13.1. The zero-order chi connectivity index (χ0) is 55.8. The van der Waals surface area contributed by atoms with Crippen LogP contribution in [0.3, 0.4) is 0 Å². The van der Waals surface area contributed by atoms with Gasteiger partial charge >= 0.3 is 0 Å². The first-order valence-electron chi connectivity index (χ1n) is 30.2. The molecular formula is C68H109NO8. The van der Waals surface area contributed by atoms with E-state index >= 15 is 0 Å². The summed E-state index contributed by atoms with van der Waals surface area (Å²) in [5.41, 5.74) is 0. The molecule has 7 unspecified atom stereocenters. The second kappa shape index (κ2) is 55.1. The summed E-state index contributed by atoms with van der Waals surface area (Å²) >= 11 is 0. The first-order chi connectivity index (χ1) is 37.8.